The van der Waals surface area contributed by atoms with E-state index in [-0.39, 0.29) is 6.10 Å². The molecule has 2 aromatic carbocycles. The van der Waals surface area contributed by atoms with Crippen LogP contribution in [0, 0.1) is 6.92 Å². The average molecular weight is 374 g/mol. The highest BCUT2D eigenvalue weighted by Gasteiger charge is 2.25. The van der Waals surface area contributed by atoms with Crippen molar-refractivity contribution in [2.24, 2.45) is 0 Å². The van der Waals surface area contributed by atoms with Crippen LogP contribution in [0.2, 0.25) is 0 Å². The van der Waals surface area contributed by atoms with Crippen molar-refractivity contribution in [3.05, 3.63) is 95.6 Å². The van der Waals surface area contributed by atoms with Crippen molar-refractivity contribution in [2.45, 2.75) is 31.9 Å². The normalized spacial score (nSPS) is 17.7. The molecule has 0 amide bonds. The molecule has 1 atom stereocenters. The van der Waals surface area contributed by atoms with Gasteiger partial charge in [0.15, 0.2) is 0 Å². The Labute approximate surface area is 167 Å². The average Bonchev–Trinajstić information content (AvgIpc) is 2.75. The van der Waals surface area contributed by atoms with Gasteiger partial charge in [-0.25, -0.2) is 9.97 Å². The summed E-state index contributed by atoms with van der Waals surface area (Å²) in [5, 5.41) is 0. The molecule has 1 aliphatic rings. The highest BCUT2D eigenvalue weighted by atomic mass is 16.5. The number of nitrogens with zero attached hydrogens (tertiary/aromatic N) is 3. The van der Waals surface area contributed by atoms with Crippen LogP contribution in [0.25, 0.3) is 0 Å². The Morgan fingerprint density at radius 3 is 2.18 bits per heavy atom. The lowest BCUT2D eigenvalue weighted by molar-refractivity contribution is -0.0365. The molecule has 0 bridgehead atoms. The van der Waals surface area contributed by atoms with Crippen LogP contribution in [0.3, 0.4) is 0 Å². The topological polar surface area (TPSA) is 38.2 Å². The van der Waals surface area contributed by atoms with Crippen LogP contribution in [0.1, 0.15) is 34.9 Å². The second kappa shape index (κ2) is 9.09. The number of hydrogen-bond acceptors (Lipinski definition) is 4. The van der Waals surface area contributed by atoms with Crippen LogP contribution >= 0.6 is 0 Å². The smallest absolute Gasteiger partial charge is 0.125 e. The van der Waals surface area contributed by atoms with Crippen molar-refractivity contribution in [2.75, 3.05) is 19.7 Å². The molecule has 1 unspecified atom stereocenters. The third-order valence-corrected chi connectivity index (χ3v) is 5.37. The van der Waals surface area contributed by atoms with Crippen molar-refractivity contribution in [1.29, 1.82) is 0 Å². The highest BCUT2D eigenvalue weighted by Crippen LogP contribution is 2.31. The number of hydrogen-bond donors (Lipinski definition) is 0. The number of ether oxygens (including phenoxy) is 1. The molecule has 1 saturated heterocycles. The van der Waals surface area contributed by atoms with E-state index in [2.05, 4.69) is 75.5 Å². The summed E-state index contributed by atoms with van der Waals surface area (Å²) in [6.07, 6.45) is 5.06. The van der Waals surface area contributed by atoms with Crippen LogP contribution in [0.4, 0.5) is 0 Å². The molecule has 1 aromatic heterocycles. The molecule has 2 heterocycles. The third-order valence-electron chi connectivity index (χ3n) is 5.37. The fourth-order valence-corrected chi connectivity index (χ4v) is 3.92. The first-order valence-corrected chi connectivity index (χ1v) is 9.99. The van der Waals surface area contributed by atoms with E-state index < -0.39 is 0 Å². The molecule has 0 spiro atoms. The first-order chi connectivity index (χ1) is 13.8. The number of morpholine rings is 1. The summed E-state index contributed by atoms with van der Waals surface area (Å²) in [4.78, 5) is 11.1. The molecule has 1 fully saturated rings. The van der Waals surface area contributed by atoms with Crippen LogP contribution < -0.4 is 0 Å². The van der Waals surface area contributed by atoms with Gasteiger partial charge in [-0.2, -0.15) is 0 Å². The van der Waals surface area contributed by atoms with Crippen molar-refractivity contribution >= 4 is 0 Å². The summed E-state index contributed by atoms with van der Waals surface area (Å²) < 4.78 is 6.17. The van der Waals surface area contributed by atoms with Gasteiger partial charge >= 0.3 is 0 Å². The van der Waals surface area contributed by atoms with Gasteiger partial charge in [0.25, 0.3) is 0 Å². The maximum Gasteiger partial charge on any atom is 0.125 e. The maximum absolute atomic E-state index is 6.17. The van der Waals surface area contributed by atoms with E-state index in [0.29, 0.717) is 5.92 Å². The Bertz CT molecular complexity index is 813. The van der Waals surface area contributed by atoms with Gasteiger partial charge in [-0.1, -0.05) is 60.7 Å². The monoisotopic (exact) mass is 373 g/mol. The fraction of sp³-hybridized carbons (Fsp3) is 0.333. The molecule has 0 aliphatic carbocycles. The van der Waals surface area contributed by atoms with Crippen LogP contribution in [0.15, 0.2) is 73.1 Å². The minimum absolute atomic E-state index is 0.213. The molecule has 0 saturated carbocycles. The molecule has 3 aromatic rings. The largest absolute Gasteiger partial charge is 0.376 e. The minimum atomic E-state index is 0.213. The van der Waals surface area contributed by atoms with Gasteiger partial charge in [-0.3, -0.25) is 4.90 Å². The van der Waals surface area contributed by atoms with Crippen LogP contribution in [0.5, 0.6) is 0 Å². The van der Waals surface area contributed by atoms with E-state index in [4.69, 9.17) is 4.74 Å². The zero-order valence-corrected chi connectivity index (χ0v) is 16.4. The predicted molar refractivity (Wildman–Crippen MR) is 111 cm³/mol. The standard InChI is InChI=1S/C24H27N3O/c1-19-25-15-20(16-26-19)17-27-12-13-28-23(18-27)14-24(21-8-4-2-5-9-21)22-10-6-3-7-11-22/h2-11,15-16,23-24H,12-14,17-18H2,1H3. The minimum Gasteiger partial charge on any atom is -0.376 e. The molecule has 1 aliphatic heterocycles. The Hall–Kier alpha value is -2.56. The quantitative estimate of drug-likeness (QED) is 0.649. The SMILES string of the molecule is Cc1ncc(CN2CCOC(CC(c3ccccc3)c3ccccc3)C2)cn1. The predicted octanol–water partition coefficient (Wildman–Crippen LogP) is 4.21. The Balaban J connectivity index is 1.46. The Kier molecular flexibility index (Phi) is 6.10. The van der Waals surface area contributed by atoms with Gasteiger partial charge < -0.3 is 4.74 Å². The number of benzene rings is 2. The molecule has 0 radical (unpaired) electrons. The maximum atomic E-state index is 6.17. The van der Waals surface area contributed by atoms with Crippen LogP contribution in [-0.4, -0.2) is 40.7 Å². The lowest BCUT2D eigenvalue weighted by Crippen LogP contribution is -2.42. The van der Waals surface area contributed by atoms with Crippen molar-refractivity contribution in [1.82, 2.24) is 14.9 Å². The number of aromatic nitrogens is 2. The van der Waals surface area contributed by atoms with Gasteiger partial charge in [0.1, 0.15) is 5.82 Å². The fourth-order valence-electron chi connectivity index (χ4n) is 3.92. The Morgan fingerprint density at radius 1 is 0.964 bits per heavy atom. The molecule has 144 valence electrons. The van der Waals surface area contributed by atoms with Crippen LogP contribution in [-0.2, 0) is 11.3 Å². The molecule has 4 heteroatoms. The van der Waals surface area contributed by atoms with Gasteiger partial charge in [0.05, 0.1) is 12.7 Å². The summed E-state index contributed by atoms with van der Waals surface area (Å²) in [6, 6.07) is 21.5. The first-order valence-electron chi connectivity index (χ1n) is 9.99. The zero-order valence-electron chi connectivity index (χ0n) is 16.4. The van der Waals surface area contributed by atoms with E-state index in [0.717, 1.165) is 44.0 Å². The molecular formula is C24H27N3O. The second-order valence-corrected chi connectivity index (χ2v) is 7.48. The van der Waals surface area contributed by atoms with E-state index in [1.165, 1.54) is 11.1 Å². The summed E-state index contributed by atoms with van der Waals surface area (Å²) in [6.45, 7) is 5.45. The summed E-state index contributed by atoms with van der Waals surface area (Å²) in [7, 11) is 0. The molecular weight excluding hydrogens is 346 g/mol. The first kappa shape index (κ1) is 18.8. The highest BCUT2D eigenvalue weighted by molar-refractivity contribution is 5.32. The second-order valence-electron chi connectivity index (χ2n) is 7.48. The lowest BCUT2D eigenvalue weighted by Gasteiger charge is -2.34. The van der Waals surface area contributed by atoms with Gasteiger partial charge in [0, 0.05) is 43.5 Å². The summed E-state index contributed by atoms with van der Waals surface area (Å²) in [5.74, 6) is 1.16. The summed E-state index contributed by atoms with van der Waals surface area (Å²) >= 11 is 0. The molecule has 28 heavy (non-hydrogen) atoms. The van der Waals surface area contributed by atoms with Crippen molar-refractivity contribution < 1.29 is 4.74 Å². The number of rotatable bonds is 6. The van der Waals surface area contributed by atoms with Gasteiger partial charge in [0.2, 0.25) is 0 Å². The zero-order chi connectivity index (χ0) is 19.2. The molecule has 4 nitrogen and oxygen atoms in total. The van der Waals surface area contributed by atoms with Crippen molar-refractivity contribution in [3.8, 4) is 0 Å². The van der Waals surface area contributed by atoms with Gasteiger partial charge in [-0.15, -0.1) is 0 Å². The van der Waals surface area contributed by atoms with E-state index in [9.17, 15) is 0 Å². The van der Waals surface area contributed by atoms with E-state index >= 15 is 0 Å². The van der Waals surface area contributed by atoms with Gasteiger partial charge in [-0.05, 0) is 24.5 Å². The molecule has 4 rings (SSSR count). The Morgan fingerprint density at radius 2 is 1.57 bits per heavy atom. The third kappa shape index (κ3) is 4.83. The van der Waals surface area contributed by atoms with E-state index in [1.807, 2.05) is 19.3 Å². The molecule has 0 N–H and O–H groups in total. The summed E-state index contributed by atoms with van der Waals surface area (Å²) in [5.41, 5.74) is 3.86. The van der Waals surface area contributed by atoms with E-state index in [1.54, 1.807) is 0 Å². The number of aryl methyl sites for hydroxylation is 1. The van der Waals surface area contributed by atoms with Crippen molar-refractivity contribution in [3.63, 3.8) is 0 Å². The lowest BCUT2D eigenvalue weighted by atomic mass is 9.86.